The van der Waals surface area contributed by atoms with E-state index in [1.54, 1.807) is 0 Å². The molecule has 0 spiro atoms. The third-order valence-electron chi connectivity index (χ3n) is 4.27. The first-order valence-electron chi connectivity index (χ1n) is 7.50. The fraction of sp³-hybridized carbons (Fsp3) is 0.647. The van der Waals surface area contributed by atoms with Gasteiger partial charge in [0, 0.05) is 6.04 Å². The van der Waals surface area contributed by atoms with Gasteiger partial charge in [-0.3, -0.25) is 0 Å². The van der Waals surface area contributed by atoms with Gasteiger partial charge < -0.3 is 10.1 Å². The Morgan fingerprint density at radius 2 is 2.05 bits per heavy atom. The SMILES string of the molecule is CCCNC1C(Oc2ccccc2C)CCC1(C)C. The van der Waals surface area contributed by atoms with Crippen LogP contribution in [-0.4, -0.2) is 18.7 Å². The van der Waals surface area contributed by atoms with Crippen molar-refractivity contribution in [3.8, 4) is 5.75 Å². The molecule has 0 aromatic heterocycles. The second-order valence-electron chi connectivity index (χ2n) is 6.38. The Bertz CT molecular complexity index is 413. The highest BCUT2D eigenvalue weighted by molar-refractivity contribution is 5.32. The highest BCUT2D eigenvalue weighted by atomic mass is 16.5. The number of benzene rings is 1. The van der Waals surface area contributed by atoms with Crippen molar-refractivity contribution in [2.24, 2.45) is 5.41 Å². The Morgan fingerprint density at radius 1 is 1.32 bits per heavy atom. The molecule has 2 unspecified atom stereocenters. The van der Waals surface area contributed by atoms with Crippen LogP contribution in [0.3, 0.4) is 0 Å². The molecule has 1 fully saturated rings. The van der Waals surface area contributed by atoms with Crippen LogP contribution >= 0.6 is 0 Å². The summed E-state index contributed by atoms with van der Waals surface area (Å²) in [6, 6.07) is 8.76. The van der Waals surface area contributed by atoms with Gasteiger partial charge in [0.05, 0.1) is 0 Å². The summed E-state index contributed by atoms with van der Waals surface area (Å²) in [4.78, 5) is 0. The topological polar surface area (TPSA) is 21.3 Å². The van der Waals surface area contributed by atoms with Gasteiger partial charge in [-0.25, -0.2) is 0 Å². The number of para-hydroxylation sites is 1. The van der Waals surface area contributed by atoms with Gasteiger partial charge in [0.1, 0.15) is 11.9 Å². The van der Waals surface area contributed by atoms with Gasteiger partial charge in [-0.05, 0) is 49.8 Å². The number of aryl methyl sites for hydroxylation is 1. The van der Waals surface area contributed by atoms with E-state index in [4.69, 9.17) is 4.74 Å². The van der Waals surface area contributed by atoms with Crippen LogP contribution in [0.1, 0.15) is 45.6 Å². The summed E-state index contributed by atoms with van der Waals surface area (Å²) in [7, 11) is 0. The number of hydrogen-bond donors (Lipinski definition) is 1. The molecule has 1 aromatic carbocycles. The lowest BCUT2D eigenvalue weighted by molar-refractivity contribution is 0.139. The maximum atomic E-state index is 6.29. The summed E-state index contributed by atoms with van der Waals surface area (Å²) < 4.78 is 6.29. The van der Waals surface area contributed by atoms with Crippen molar-refractivity contribution in [2.75, 3.05) is 6.54 Å². The fourth-order valence-corrected chi connectivity index (χ4v) is 3.03. The second kappa shape index (κ2) is 5.96. The minimum atomic E-state index is 0.294. The number of rotatable bonds is 5. The molecule has 2 rings (SSSR count). The van der Waals surface area contributed by atoms with Crippen molar-refractivity contribution in [3.05, 3.63) is 29.8 Å². The second-order valence-corrected chi connectivity index (χ2v) is 6.38. The van der Waals surface area contributed by atoms with Crippen molar-refractivity contribution in [3.63, 3.8) is 0 Å². The van der Waals surface area contributed by atoms with Crippen LogP contribution in [0.25, 0.3) is 0 Å². The van der Waals surface area contributed by atoms with Crippen molar-refractivity contribution < 1.29 is 4.74 Å². The summed E-state index contributed by atoms with van der Waals surface area (Å²) in [6.07, 6.45) is 3.83. The van der Waals surface area contributed by atoms with E-state index in [-0.39, 0.29) is 0 Å². The van der Waals surface area contributed by atoms with Crippen LogP contribution in [0, 0.1) is 12.3 Å². The Morgan fingerprint density at radius 3 is 2.74 bits per heavy atom. The number of hydrogen-bond acceptors (Lipinski definition) is 2. The zero-order valence-corrected chi connectivity index (χ0v) is 12.7. The van der Waals surface area contributed by atoms with E-state index in [2.05, 4.69) is 57.3 Å². The van der Waals surface area contributed by atoms with Crippen LogP contribution in [0.15, 0.2) is 24.3 Å². The largest absolute Gasteiger partial charge is 0.489 e. The van der Waals surface area contributed by atoms with E-state index in [1.165, 1.54) is 18.4 Å². The Balaban J connectivity index is 2.08. The Kier molecular flexibility index (Phi) is 4.51. The van der Waals surface area contributed by atoms with E-state index in [9.17, 15) is 0 Å². The molecule has 1 aromatic rings. The molecule has 0 saturated heterocycles. The first kappa shape index (κ1) is 14.4. The van der Waals surface area contributed by atoms with Crippen molar-refractivity contribution in [1.29, 1.82) is 0 Å². The minimum absolute atomic E-state index is 0.294. The first-order chi connectivity index (χ1) is 9.04. The van der Waals surface area contributed by atoms with Gasteiger partial charge in [0.2, 0.25) is 0 Å². The maximum Gasteiger partial charge on any atom is 0.122 e. The summed E-state index contributed by atoms with van der Waals surface area (Å²) in [5.74, 6) is 1.04. The van der Waals surface area contributed by atoms with E-state index < -0.39 is 0 Å². The average molecular weight is 261 g/mol. The third-order valence-corrected chi connectivity index (χ3v) is 4.27. The molecule has 0 heterocycles. The normalized spacial score (nSPS) is 25.5. The van der Waals surface area contributed by atoms with Crippen LogP contribution in [-0.2, 0) is 0 Å². The van der Waals surface area contributed by atoms with Crippen LogP contribution in [0.2, 0.25) is 0 Å². The van der Waals surface area contributed by atoms with Crippen LogP contribution < -0.4 is 10.1 Å². The highest BCUT2D eigenvalue weighted by Gasteiger charge is 2.42. The molecule has 1 N–H and O–H groups in total. The van der Waals surface area contributed by atoms with Gasteiger partial charge in [-0.1, -0.05) is 39.0 Å². The summed E-state index contributed by atoms with van der Waals surface area (Å²) >= 11 is 0. The van der Waals surface area contributed by atoms with Crippen molar-refractivity contribution in [2.45, 2.75) is 59.1 Å². The lowest BCUT2D eigenvalue weighted by atomic mass is 9.87. The standard InChI is InChI=1S/C17H27NO/c1-5-12-18-16-15(10-11-17(16,3)4)19-14-9-7-6-8-13(14)2/h6-9,15-16,18H,5,10-12H2,1-4H3. The summed E-state index contributed by atoms with van der Waals surface area (Å²) in [5.41, 5.74) is 1.55. The Hall–Kier alpha value is -1.02. The molecule has 0 aliphatic heterocycles. The van der Waals surface area contributed by atoms with E-state index in [1.807, 2.05) is 0 Å². The quantitative estimate of drug-likeness (QED) is 0.867. The predicted octanol–water partition coefficient (Wildman–Crippen LogP) is 3.93. The molecule has 0 radical (unpaired) electrons. The molecule has 0 amide bonds. The molecule has 1 aliphatic carbocycles. The molecule has 2 heteroatoms. The maximum absolute atomic E-state index is 6.29. The van der Waals surface area contributed by atoms with Crippen molar-refractivity contribution in [1.82, 2.24) is 5.32 Å². The molecule has 1 aliphatic rings. The van der Waals surface area contributed by atoms with Gasteiger partial charge in [-0.2, -0.15) is 0 Å². The lowest BCUT2D eigenvalue weighted by Crippen LogP contribution is -2.47. The molecule has 19 heavy (non-hydrogen) atoms. The van der Waals surface area contributed by atoms with E-state index >= 15 is 0 Å². The molecule has 0 bridgehead atoms. The molecular formula is C17H27NO. The minimum Gasteiger partial charge on any atom is -0.489 e. The zero-order valence-electron chi connectivity index (χ0n) is 12.7. The smallest absolute Gasteiger partial charge is 0.122 e. The molecule has 1 saturated carbocycles. The molecular weight excluding hydrogens is 234 g/mol. The van der Waals surface area contributed by atoms with Crippen LogP contribution in [0.5, 0.6) is 5.75 Å². The van der Waals surface area contributed by atoms with E-state index in [0.717, 1.165) is 18.7 Å². The molecule has 2 nitrogen and oxygen atoms in total. The molecule has 2 atom stereocenters. The number of ether oxygens (including phenoxy) is 1. The molecule has 106 valence electrons. The lowest BCUT2D eigenvalue weighted by Gasteiger charge is -2.32. The average Bonchev–Trinajstić information content (AvgIpc) is 2.65. The predicted molar refractivity (Wildman–Crippen MR) is 80.7 cm³/mol. The fourth-order valence-electron chi connectivity index (χ4n) is 3.03. The van der Waals surface area contributed by atoms with Crippen molar-refractivity contribution >= 4 is 0 Å². The van der Waals surface area contributed by atoms with Gasteiger partial charge in [0.25, 0.3) is 0 Å². The first-order valence-corrected chi connectivity index (χ1v) is 7.50. The van der Waals surface area contributed by atoms with Crippen LogP contribution in [0.4, 0.5) is 0 Å². The number of nitrogens with one attached hydrogen (secondary N) is 1. The zero-order chi connectivity index (χ0) is 13.9. The summed E-state index contributed by atoms with van der Waals surface area (Å²) in [5, 5.41) is 3.69. The van der Waals surface area contributed by atoms with Gasteiger partial charge in [-0.15, -0.1) is 0 Å². The Labute approximate surface area is 117 Å². The van der Waals surface area contributed by atoms with Gasteiger partial charge in [0.15, 0.2) is 0 Å². The third kappa shape index (κ3) is 3.30. The highest BCUT2D eigenvalue weighted by Crippen LogP contribution is 2.39. The monoisotopic (exact) mass is 261 g/mol. The summed E-state index contributed by atoms with van der Waals surface area (Å²) in [6.45, 7) is 10.1. The van der Waals surface area contributed by atoms with E-state index in [0.29, 0.717) is 17.6 Å². The van der Waals surface area contributed by atoms with Gasteiger partial charge >= 0.3 is 0 Å².